The second kappa shape index (κ2) is 4.47. The molecule has 1 atom stereocenters. The van der Waals surface area contributed by atoms with Gasteiger partial charge in [-0.1, -0.05) is 15.9 Å². The van der Waals surface area contributed by atoms with Crippen molar-refractivity contribution in [3.63, 3.8) is 0 Å². The van der Waals surface area contributed by atoms with Gasteiger partial charge in [-0.2, -0.15) is 0 Å². The molecular weight excluding hydrogens is 272 g/mol. The minimum atomic E-state index is -0.339. The summed E-state index contributed by atoms with van der Waals surface area (Å²) in [5.74, 6) is -0.0403. The summed E-state index contributed by atoms with van der Waals surface area (Å²) < 4.78 is 19.3. The first-order valence-electron chi connectivity index (χ1n) is 4.06. The predicted octanol–water partition coefficient (Wildman–Crippen LogP) is 2.79. The monoisotopic (exact) mass is 281 g/mol. The minimum absolute atomic E-state index is 0. The van der Waals surface area contributed by atoms with Crippen LogP contribution in [0.3, 0.4) is 0 Å². The van der Waals surface area contributed by atoms with Crippen LogP contribution in [-0.4, -0.2) is 6.61 Å². The maximum absolute atomic E-state index is 13.2. The SMILES string of the molecule is Cl.N[C@@H]1CCOc2c(F)ccc(Br)c21. The van der Waals surface area contributed by atoms with E-state index in [0.717, 1.165) is 16.5 Å². The molecule has 0 saturated heterocycles. The maximum Gasteiger partial charge on any atom is 0.165 e. The molecule has 2 nitrogen and oxygen atoms in total. The van der Waals surface area contributed by atoms with Crippen molar-refractivity contribution in [1.29, 1.82) is 0 Å². The fourth-order valence-corrected chi connectivity index (χ4v) is 2.08. The van der Waals surface area contributed by atoms with E-state index in [1.807, 2.05) is 0 Å². The van der Waals surface area contributed by atoms with Gasteiger partial charge >= 0.3 is 0 Å². The molecule has 5 heteroatoms. The zero-order chi connectivity index (χ0) is 9.42. The van der Waals surface area contributed by atoms with Crippen LogP contribution < -0.4 is 10.5 Å². The van der Waals surface area contributed by atoms with E-state index in [2.05, 4.69) is 15.9 Å². The molecular formula is C9H10BrClFNO. The highest BCUT2D eigenvalue weighted by Gasteiger charge is 2.23. The van der Waals surface area contributed by atoms with Crippen LogP contribution in [0.4, 0.5) is 4.39 Å². The van der Waals surface area contributed by atoms with Gasteiger partial charge in [0.15, 0.2) is 11.6 Å². The number of rotatable bonds is 0. The van der Waals surface area contributed by atoms with Crippen LogP contribution in [-0.2, 0) is 0 Å². The predicted molar refractivity (Wildman–Crippen MR) is 58.4 cm³/mol. The summed E-state index contributed by atoms with van der Waals surface area (Å²) in [6.45, 7) is 0.488. The third kappa shape index (κ3) is 1.87. The minimum Gasteiger partial charge on any atom is -0.490 e. The summed E-state index contributed by atoms with van der Waals surface area (Å²) in [5.41, 5.74) is 6.58. The van der Waals surface area contributed by atoms with E-state index < -0.39 is 0 Å². The molecule has 0 aromatic heterocycles. The molecule has 1 aliphatic rings. The molecule has 0 aliphatic carbocycles. The molecule has 1 aromatic rings. The van der Waals surface area contributed by atoms with E-state index in [9.17, 15) is 4.39 Å². The van der Waals surface area contributed by atoms with E-state index in [1.54, 1.807) is 6.07 Å². The van der Waals surface area contributed by atoms with Crippen LogP contribution in [0.15, 0.2) is 16.6 Å². The van der Waals surface area contributed by atoms with Crippen LogP contribution in [0, 0.1) is 5.82 Å². The summed E-state index contributed by atoms with van der Waals surface area (Å²) in [4.78, 5) is 0. The van der Waals surface area contributed by atoms with Gasteiger partial charge in [-0.05, 0) is 12.1 Å². The Kier molecular flexibility index (Phi) is 3.75. The molecule has 2 N–H and O–H groups in total. The molecule has 2 rings (SSSR count). The molecule has 0 radical (unpaired) electrons. The summed E-state index contributed by atoms with van der Waals surface area (Å²) >= 11 is 3.33. The molecule has 0 amide bonds. The first-order valence-corrected chi connectivity index (χ1v) is 4.85. The highest BCUT2D eigenvalue weighted by atomic mass is 79.9. The zero-order valence-corrected chi connectivity index (χ0v) is 9.70. The van der Waals surface area contributed by atoms with Gasteiger partial charge in [-0.15, -0.1) is 12.4 Å². The van der Waals surface area contributed by atoms with E-state index >= 15 is 0 Å². The van der Waals surface area contributed by atoms with Gasteiger partial charge in [0, 0.05) is 22.5 Å². The number of fused-ring (bicyclic) bond motifs is 1. The zero-order valence-electron chi connectivity index (χ0n) is 7.30. The van der Waals surface area contributed by atoms with Crippen LogP contribution in [0.1, 0.15) is 18.0 Å². The van der Waals surface area contributed by atoms with Crippen molar-refractivity contribution < 1.29 is 9.13 Å². The standard InChI is InChI=1S/C9H9BrFNO.ClH/c10-5-1-2-6(11)9-8(5)7(12)3-4-13-9;/h1-2,7H,3-4,12H2;1H/t7-;/m1./s1. The van der Waals surface area contributed by atoms with Gasteiger partial charge in [0.2, 0.25) is 0 Å². The van der Waals surface area contributed by atoms with Crippen LogP contribution in [0.25, 0.3) is 0 Å². The quantitative estimate of drug-likeness (QED) is 0.794. The Balaban J connectivity index is 0.000000980. The van der Waals surface area contributed by atoms with E-state index in [1.165, 1.54) is 6.07 Å². The smallest absolute Gasteiger partial charge is 0.165 e. The first-order chi connectivity index (χ1) is 6.20. The Morgan fingerprint density at radius 3 is 2.86 bits per heavy atom. The van der Waals surface area contributed by atoms with Crippen molar-refractivity contribution in [2.24, 2.45) is 5.73 Å². The average Bonchev–Trinajstić information content (AvgIpc) is 2.12. The second-order valence-electron chi connectivity index (χ2n) is 3.02. The molecule has 0 fully saturated rings. The maximum atomic E-state index is 13.2. The molecule has 14 heavy (non-hydrogen) atoms. The lowest BCUT2D eigenvalue weighted by molar-refractivity contribution is 0.255. The summed E-state index contributed by atoms with van der Waals surface area (Å²) in [5, 5.41) is 0. The number of benzene rings is 1. The topological polar surface area (TPSA) is 35.2 Å². The number of hydrogen-bond acceptors (Lipinski definition) is 2. The van der Waals surface area contributed by atoms with Gasteiger partial charge < -0.3 is 10.5 Å². The van der Waals surface area contributed by atoms with E-state index in [4.69, 9.17) is 10.5 Å². The summed E-state index contributed by atoms with van der Waals surface area (Å²) in [6, 6.07) is 2.90. The Morgan fingerprint density at radius 2 is 2.21 bits per heavy atom. The van der Waals surface area contributed by atoms with Crippen molar-refractivity contribution in [1.82, 2.24) is 0 Å². The van der Waals surface area contributed by atoms with Crippen molar-refractivity contribution >= 4 is 28.3 Å². The Bertz CT molecular complexity index is 348. The lowest BCUT2D eigenvalue weighted by Crippen LogP contribution is -2.21. The van der Waals surface area contributed by atoms with Gasteiger partial charge in [0.1, 0.15) is 0 Å². The van der Waals surface area contributed by atoms with Crippen molar-refractivity contribution in [3.8, 4) is 5.75 Å². The molecule has 78 valence electrons. The van der Waals surface area contributed by atoms with E-state index in [0.29, 0.717) is 12.4 Å². The van der Waals surface area contributed by atoms with Crippen molar-refractivity contribution in [2.45, 2.75) is 12.5 Å². The lowest BCUT2D eigenvalue weighted by atomic mass is 10.0. The molecule has 1 heterocycles. The van der Waals surface area contributed by atoms with Crippen LogP contribution >= 0.6 is 28.3 Å². The van der Waals surface area contributed by atoms with E-state index in [-0.39, 0.29) is 24.3 Å². The Labute approximate surface area is 96.2 Å². The summed E-state index contributed by atoms with van der Waals surface area (Å²) in [7, 11) is 0. The number of nitrogens with two attached hydrogens (primary N) is 1. The molecule has 0 bridgehead atoms. The lowest BCUT2D eigenvalue weighted by Gasteiger charge is -2.24. The van der Waals surface area contributed by atoms with Gasteiger partial charge in [0.25, 0.3) is 0 Å². The van der Waals surface area contributed by atoms with Crippen molar-refractivity contribution in [2.75, 3.05) is 6.61 Å². The normalized spacial score (nSPS) is 19.2. The molecule has 0 saturated carbocycles. The van der Waals surface area contributed by atoms with Gasteiger partial charge in [-0.25, -0.2) is 4.39 Å². The fourth-order valence-electron chi connectivity index (χ4n) is 1.47. The molecule has 1 aromatic carbocycles. The molecule has 0 spiro atoms. The fraction of sp³-hybridized carbons (Fsp3) is 0.333. The third-order valence-corrected chi connectivity index (χ3v) is 2.83. The number of ether oxygens (including phenoxy) is 1. The Hall–Kier alpha value is -0.320. The highest BCUT2D eigenvalue weighted by Crippen LogP contribution is 2.37. The third-order valence-electron chi connectivity index (χ3n) is 2.14. The highest BCUT2D eigenvalue weighted by molar-refractivity contribution is 9.10. The van der Waals surface area contributed by atoms with Gasteiger partial charge in [0.05, 0.1) is 6.61 Å². The van der Waals surface area contributed by atoms with Gasteiger partial charge in [-0.3, -0.25) is 0 Å². The van der Waals surface area contributed by atoms with Crippen LogP contribution in [0.5, 0.6) is 5.75 Å². The first kappa shape index (κ1) is 11.8. The number of halogens is 3. The summed E-state index contributed by atoms with van der Waals surface area (Å²) in [6.07, 6.45) is 0.731. The van der Waals surface area contributed by atoms with Crippen LogP contribution in [0.2, 0.25) is 0 Å². The number of hydrogen-bond donors (Lipinski definition) is 1. The molecule has 1 aliphatic heterocycles. The largest absolute Gasteiger partial charge is 0.490 e. The Morgan fingerprint density at radius 1 is 1.50 bits per heavy atom. The molecule has 0 unspecified atom stereocenters. The second-order valence-corrected chi connectivity index (χ2v) is 3.87. The average molecular weight is 283 g/mol. The van der Waals surface area contributed by atoms with Crippen molar-refractivity contribution in [3.05, 3.63) is 28.0 Å².